The van der Waals surface area contributed by atoms with Crippen LogP contribution >= 0.6 is 0 Å². The molecule has 0 radical (unpaired) electrons. The molecule has 6 nitrogen and oxygen atoms in total. The Balaban J connectivity index is 1.81. The van der Waals surface area contributed by atoms with Crippen molar-refractivity contribution < 1.29 is 9.90 Å². The minimum Gasteiger partial charge on any atom is -0.396 e. The zero-order valence-corrected chi connectivity index (χ0v) is 11.1. The molecule has 0 unspecified atom stereocenters. The summed E-state index contributed by atoms with van der Waals surface area (Å²) in [5.41, 5.74) is 1.99. The van der Waals surface area contributed by atoms with Crippen molar-refractivity contribution in [3.05, 3.63) is 48.3 Å². The second-order valence-electron chi connectivity index (χ2n) is 4.30. The lowest BCUT2D eigenvalue weighted by Crippen LogP contribution is -2.35. The molecular formula is C14H18N4O2. The molecule has 0 aliphatic rings. The maximum Gasteiger partial charge on any atom is 0.315 e. The molecule has 1 aromatic carbocycles. The van der Waals surface area contributed by atoms with Gasteiger partial charge in [0.1, 0.15) is 0 Å². The molecule has 0 aliphatic carbocycles. The summed E-state index contributed by atoms with van der Waals surface area (Å²) >= 11 is 0. The highest BCUT2D eigenvalue weighted by atomic mass is 16.3. The first kappa shape index (κ1) is 14.1. The second-order valence-corrected chi connectivity index (χ2v) is 4.30. The number of aromatic nitrogens is 2. The van der Waals surface area contributed by atoms with Crippen molar-refractivity contribution in [3.63, 3.8) is 0 Å². The first-order valence-corrected chi connectivity index (χ1v) is 6.51. The van der Waals surface area contributed by atoms with Crippen molar-refractivity contribution in [1.29, 1.82) is 0 Å². The summed E-state index contributed by atoms with van der Waals surface area (Å²) in [5.74, 6) is 0. The number of amides is 2. The first-order valence-electron chi connectivity index (χ1n) is 6.51. The second kappa shape index (κ2) is 7.30. The Morgan fingerprint density at radius 2 is 2.05 bits per heavy atom. The largest absolute Gasteiger partial charge is 0.396 e. The quantitative estimate of drug-likeness (QED) is 0.689. The molecule has 2 aromatic rings. The number of urea groups is 1. The van der Waals surface area contributed by atoms with Crippen molar-refractivity contribution in [2.45, 2.75) is 13.0 Å². The molecule has 0 atom stereocenters. The molecule has 1 heterocycles. The van der Waals surface area contributed by atoms with Gasteiger partial charge < -0.3 is 15.7 Å². The van der Waals surface area contributed by atoms with Crippen molar-refractivity contribution in [1.82, 2.24) is 20.4 Å². The van der Waals surface area contributed by atoms with E-state index in [-0.39, 0.29) is 12.6 Å². The molecule has 0 fully saturated rings. The van der Waals surface area contributed by atoms with Gasteiger partial charge in [0.25, 0.3) is 0 Å². The molecule has 0 bridgehead atoms. The van der Waals surface area contributed by atoms with Gasteiger partial charge in [-0.25, -0.2) is 9.48 Å². The van der Waals surface area contributed by atoms with E-state index in [1.807, 2.05) is 36.5 Å². The lowest BCUT2D eigenvalue weighted by Gasteiger charge is -2.08. The Bertz CT molecular complexity index is 523. The van der Waals surface area contributed by atoms with Crippen LogP contribution in [0.5, 0.6) is 0 Å². The zero-order valence-electron chi connectivity index (χ0n) is 11.1. The number of carbonyl (C=O) groups is 1. The summed E-state index contributed by atoms with van der Waals surface area (Å²) in [6.07, 6.45) is 4.17. The van der Waals surface area contributed by atoms with E-state index in [1.54, 1.807) is 10.9 Å². The average Bonchev–Trinajstić information content (AvgIpc) is 3.00. The number of nitrogens with zero attached hydrogens (tertiary/aromatic N) is 2. The smallest absolute Gasteiger partial charge is 0.315 e. The highest BCUT2D eigenvalue weighted by Crippen LogP contribution is 2.08. The van der Waals surface area contributed by atoms with Gasteiger partial charge in [0, 0.05) is 32.1 Å². The van der Waals surface area contributed by atoms with Gasteiger partial charge in [-0.3, -0.25) is 0 Å². The van der Waals surface area contributed by atoms with Crippen LogP contribution in [0.3, 0.4) is 0 Å². The number of aliphatic hydroxyl groups excluding tert-OH is 1. The summed E-state index contributed by atoms with van der Waals surface area (Å²) < 4.78 is 1.78. The monoisotopic (exact) mass is 274 g/mol. The van der Waals surface area contributed by atoms with Crippen LogP contribution in [0.4, 0.5) is 4.79 Å². The van der Waals surface area contributed by atoms with Crippen LogP contribution in [-0.2, 0) is 6.54 Å². The Morgan fingerprint density at radius 1 is 1.25 bits per heavy atom. The predicted molar refractivity (Wildman–Crippen MR) is 75.5 cm³/mol. The Labute approximate surface area is 117 Å². The Kier molecular flexibility index (Phi) is 5.14. The fourth-order valence-electron chi connectivity index (χ4n) is 1.71. The topological polar surface area (TPSA) is 79.2 Å². The number of benzene rings is 1. The summed E-state index contributed by atoms with van der Waals surface area (Å²) in [6.45, 7) is 1.01. The minimum atomic E-state index is -0.227. The summed E-state index contributed by atoms with van der Waals surface area (Å²) in [4.78, 5) is 11.4. The van der Waals surface area contributed by atoms with E-state index in [4.69, 9.17) is 5.11 Å². The maximum absolute atomic E-state index is 11.4. The Morgan fingerprint density at radius 3 is 2.70 bits per heavy atom. The third-order valence-corrected chi connectivity index (χ3v) is 2.78. The molecule has 0 saturated carbocycles. The van der Waals surface area contributed by atoms with Crippen molar-refractivity contribution in [3.8, 4) is 5.69 Å². The highest BCUT2D eigenvalue weighted by molar-refractivity contribution is 5.73. The molecule has 106 valence electrons. The lowest BCUT2D eigenvalue weighted by atomic mass is 10.2. The number of hydrogen-bond acceptors (Lipinski definition) is 3. The predicted octanol–water partition coefficient (Wildman–Crippen LogP) is 1.05. The molecule has 0 saturated heterocycles. The average molecular weight is 274 g/mol. The summed E-state index contributed by atoms with van der Waals surface area (Å²) in [6, 6.07) is 9.44. The van der Waals surface area contributed by atoms with Gasteiger partial charge in [0.05, 0.1) is 5.69 Å². The van der Waals surface area contributed by atoms with Crippen LogP contribution in [0.1, 0.15) is 12.0 Å². The zero-order chi connectivity index (χ0) is 14.2. The highest BCUT2D eigenvalue weighted by Gasteiger charge is 2.00. The van der Waals surface area contributed by atoms with Gasteiger partial charge in [0.15, 0.2) is 0 Å². The number of nitrogens with one attached hydrogen (secondary N) is 2. The molecule has 0 aliphatic heterocycles. The molecular weight excluding hydrogens is 256 g/mol. The first-order chi connectivity index (χ1) is 9.79. The van der Waals surface area contributed by atoms with E-state index in [1.165, 1.54) is 0 Å². The fraction of sp³-hybridized carbons (Fsp3) is 0.286. The van der Waals surface area contributed by atoms with E-state index in [0.717, 1.165) is 11.3 Å². The summed E-state index contributed by atoms with van der Waals surface area (Å²) in [5, 5.41) is 18.2. The van der Waals surface area contributed by atoms with Crippen molar-refractivity contribution in [2.24, 2.45) is 0 Å². The SMILES string of the molecule is O=C(NCCCO)NCc1ccc(-n2cccn2)cc1. The van der Waals surface area contributed by atoms with Gasteiger partial charge in [-0.1, -0.05) is 12.1 Å². The van der Waals surface area contributed by atoms with E-state index in [2.05, 4.69) is 15.7 Å². The normalized spacial score (nSPS) is 10.2. The molecule has 2 rings (SSSR count). The fourth-order valence-corrected chi connectivity index (χ4v) is 1.71. The van der Waals surface area contributed by atoms with E-state index in [9.17, 15) is 4.79 Å². The molecule has 20 heavy (non-hydrogen) atoms. The number of hydrogen-bond donors (Lipinski definition) is 3. The van der Waals surface area contributed by atoms with Crippen LogP contribution in [0.2, 0.25) is 0 Å². The Hall–Kier alpha value is -2.34. The summed E-state index contributed by atoms with van der Waals surface area (Å²) in [7, 11) is 0. The molecule has 2 amide bonds. The molecule has 6 heteroatoms. The van der Waals surface area contributed by atoms with Crippen molar-refractivity contribution >= 4 is 6.03 Å². The van der Waals surface area contributed by atoms with Gasteiger partial charge in [-0.2, -0.15) is 5.10 Å². The van der Waals surface area contributed by atoms with Crippen LogP contribution < -0.4 is 10.6 Å². The van der Waals surface area contributed by atoms with Crippen molar-refractivity contribution in [2.75, 3.05) is 13.2 Å². The van der Waals surface area contributed by atoms with E-state index >= 15 is 0 Å². The standard InChI is InChI=1S/C14H18N4O2/c19-10-2-7-15-14(20)16-11-12-3-5-13(6-4-12)18-9-1-8-17-18/h1,3-6,8-9,19H,2,7,10-11H2,(H2,15,16,20). The molecule has 3 N–H and O–H groups in total. The van der Waals surface area contributed by atoms with E-state index in [0.29, 0.717) is 19.5 Å². The van der Waals surface area contributed by atoms with Gasteiger partial charge in [0.2, 0.25) is 0 Å². The minimum absolute atomic E-state index is 0.0785. The number of rotatable bonds is 6. The maximum atomic E-state index is 11.4. The van der Waals surface area contributed by atoms with Crippen LogP contribution in [0.25, 0.3) is 5.69 Å². The van der Waals surface area contributed by atoms with Gasteiger partial charge in [-0.05, 0) is 30.2 Å². The van der Waals surface area contributed by atoms with Gasteiger partial charge in [-0.15, -0.1) is 0 Å². The molecule has 1 aromatic heterocycles. The third-order valence-electron chi connectivity index (χ3n) is 2.78. The van der Waals surface area contributed by atoms with Crippen LogP contribution in [0, 0.1) is 0 Å². The number of aliphatic hydroxyl groups is 1. The van der Waals surface area contributed by atoms with Crippen LogP contribution in [0.15, 0.2) is 42.7 Å². The molecule has 0 spiro atoms. The lowest BCUT2D eigenvalue weighted by molar-refractivity contribution is 0.237. The van der Waals surface area contributed by atoms with E-state index < -0.39 is 0 Å². The number of carbonyl (C=O) groups excluding carboxylic acids is 1. The third kappa shape index (κ3) is 4.10. The van der Waals surface area contributed by atoms with Gasteiger partial charge >= 0.3 is 6.03 Å². The van der Waals surface area contributed by atoms with Crippen LogP contribution in [-0.4, -0.2) is 34.1 Å².